The average Bonchev–Trinajstić information content (AvgIpc) is 2.58. The minimum absolute atomic E-state index is 0.0561. The topological polar surface area (TPSA) is 59.1 Å². The second-order valence-electron chi connectivity index (χ2n) is 5.97. The second-order valence-corrected chi connectivity index (χ2v) is 5.97. The lowest BCUT2D eigenvalue weighted by Gasteiger charge is -2.35. The van der Waals surface area contributed by atoms with Crippen LogP contribution >= 0.6 is 0 Å². The van der Waals surface area contributed by atoms with E-state index in [-0.39, 0.29) is 12.0 Å². The Morgan fingerprint density at radius 2 is 1.75 bits per heavy atom. The van der Waals surface area contributed by atoms with E-state index < -0.39 is 6.10 Å². The first-order valence-electron chi connectivity index (χ1n) is 8.37. The molecule has 1 aliphatic rings. The first kappa shape index (κ1) is 18.1. The van der Waals surface area contributed by atoms with E-state index >= 15 is 0 Å². The smallest absolute Gasteiger partial charge is 0.409 e. The Morgan fingerprint density at radius 3 is 2.38 bits per heavy atom. The number of carbonyl (C=O) groups is 2. The molecule has 0 bridgehead atoms. The lowest BCUT2D eigenvalue weighted by Crippen LogP contribution is -2.53. The van der Waals surface area contributed by atoms with E-state index in [1.54, 1.807) is 23.6 Å². The number of aryl methyl sites for hydroxylation is 1. The number of carbonyl (C=O) groups excluding carboxylic acids is 2. The normalized spacial score (nSPS) is 15.8. The van der Waals surface area contributed by atoms with Gasteiger partial charge in [-0.05, 0) is 44.9 Å². The van der Waals surface area contributed by atoms with Crippen LogP contribution in [-0.4, -0.2) is 60.7 Å². The van der Waals surface area contributed by atoms with E-state index in [1.165, 1.54) is 0 Å². The molecule has 0 aliphatic carbocycles. The van der Waals surface area contributed by atoms with E-state index in [4.69, 9.17) is 9.47 Å². The van der Waals surface area contributed by atoms with Gasteiger partial charge in [-0.2, -0.15) is 0 Å². The van der Waals surface area contributed by atoms with Crippen molar-refractivity contribution < 1.29 is 19.1 Å². The number of benzene rings is 1. The van der Waals surface area contributed by atoms with Gasteiger partial charge >= 0.3 is 6.09 Å². The summed E-state index contributed by atoms with van der Waals surface area (Å²) in [6, 6.07) is 5.82. The third kappa shape index (κ3) is 4.19. The van der Waals surface area contributed by atoms with Crippen LogP contribution in [0.3, 0.4) is 0 Å². The molecule has 0 unspecified atom stereocenters. The molecule has 24 heavy (non-hydrogen) atoms. The van der Waals surface area contributed by atoms with Gasteiger partial charge in [-0.25, -0.2) is 4.79 Å². The van der Waals surface area contributed by atoms with Crippen molar-refractivity contribution in [2.75, 3.05) is 32.8 Å². The average molecular weight is 334 g/mol. The summed E-state index contributed by atoms with van der Waals surface area (Å²) in [6.45, 7) is 9.88. The quantitative estimate of drug-likeness (QED) is 0.848. The molecule has 0 aromatic heterocycles. The van der Waals surface area contributed by atoms with Gasteiger partial charge in [0.2, 0.25) is 0 Å². The molecule has 1 atom stereocenters. The maximum Gasteiger partial charge on any atom is 0.409 e. The summed E-state index contributed by atoms with van der Waals surface area (Å²) < 4.78 is 10.8. The van der Waals surface area contributed by atoms with Crippen molar-refractivity contribution in [3.8, 4) is 5.75 Å². The number of rotatable bonds is 4. The zero-order chi connectivity index (χ0) is 17.7. The van der Waals surface area contributed by atoms with Crippen LogP contribution in [0.5, 0.6) is 5.75 Å². The summed E-state index contributed by atoms with van der Waals surface area (Å²) in [5, 5.41) is 0. The summed E-state index contributed by atoms with van der Waals surface area (Å²) in [4.78, 5) is 27.6. The van der Waals surface area contributed by atoms with E-state index in [1.807, 2.05) is 32.0 Å². The lowest BCUT2D eigenvalue weighted by atomic mass is 10.1. The molecule has 0 radical (unpaired) electrons. The van der Waals surface area contributed by atoms with Crippen LogP contribution in [0, 0.1) is 13.8 Å². The maximum absolute atomic E-state index is 12.6. The monoisotopic (exact) mass is 334 g/mol. The van der Waals surface area contributed by atoms with Crippen LogP contribution in [0.4, 0.5) is 4.79 Å². The molecule has 0 N–H and O–H groups in total. The Labute approximate surface area is 143 Å². The van der Waals surface area contributed by atoms with E-state index in [0.717, 1.165) is 16.9 Å². The molecule has 1 heterocycles. The highest BCUT2D eigenvalue weighted by Gasteiger charge is 2.28. The Balaban J connectivity index is 1.90. The molecule has 2 amide bonds. The summed E-state index contributed by atoms with van der Waals surface area (Å²) in [5.41, 5.74) is 2.18. The van der Waals surface area contributed by atoms with Crippen LogP contribution in [0.1, 0.15) is 25.0 Å². The molecule has 6 heteroatoms. The highest BCUT2D eigenvalue weighted by molar-refractivity contribution is 5.81. The van der Waals surface area contributed by atoms with E-state index in [2.05, 4.69) is 0 Å². The summed E-state index contributed by atoms with van der Waals surface area (Å²) >= 11 is 0. The molecular weight excluding hydrogens is 308 g/mol. The van der Waals surface area contributed by atoms with Crippen LogP contribution in [0.25, 0.3) is 0 Å². The molecule has 6 nitrogen and oxygen atoms in total. The van der Waals surface area contributed by atoms with Gasteiger partial charge in [-0.15, -0.1) is 0 Å². The minimum atomic E-state index is -0.556. The summed E-state index contributed by atoms with van der Waals surface area (Å²) in [6.07, 6.45) is -0.871. The van der Waals surface area contributed by atoms with Crippen LogP contribution in [0.15, 0.2) is 18.2 Å². The number of piperazine rings is 1. The predicted octanol–water partition coefficient (Wildman–Crippen LogP) is 2.37. The van der Waals surface area contributed by atoms with Crippen molar-refractivity contribution in [3.63, 3.8) is 0 Å². The Bertz CT molecular complexity index is 595. The molecule has 1 aromatic carbocycles. The number of hydrogen-bond donors (Lipinski definition) is 0. The standard InChI is InChI=1S/C18H26N2O4/c1-5-23-18(22)20-11-9-19(10-12-20)17(21)15(4)24-16-8-6-7-13(2)14(16)3/h6-8,15H,5,9-12H2,1-4H3/t15-/m1/s1. The van der Waals surface area contributed by atoms with Crippen molar-refractivity contribution >= 4 is 12.0 Å². The molecule has 0 saturated carbocycles. The first-order chi connectivity index (χ1) is 11.4. The van der Waals surface area contributed by atoms with Gasteiger partial charge < -0.3 is 19.3 Å². The zero-order valence-corrected chi connectivity index (χ0v) is 14.9. The van der Waals surface area contributed by atoms with Gasteiger partial charge in [0.05, 0.1) is 6.61 Å². The lowest BCUT2D eigenvalue weighted by molar-refractivity contribution is -0.139. The fourth-order valence-electron chi connectivity index (χ4n) is 2.67. The molecule has 2 rings (SSSR count). The number of nitrogens with zero attached hydrogens (tertiary/aromatic N) is 2. The van der Waals surface area contributed by atoms with Crippen molar-refractivity contribution in [2.45, 2.75) is 33.8 Å². The third-order valence-electron chi connectivity index (χ3n) is 4.32. The molecular formula is C18H26N2O4. The van der Waals surface area contributed by atoms with Gasteiger partial charge in [-0.3, -0.25) is 4.79 Å². The highest BCUT2D eigenvalue weighted by Crippen LogP contribution is 2.22. The Hall–Kier alpha value is -2.24. The molecule has 1 aliphatic heterocycles. The molecule has 1 saturated heterocycles. The highest BCUT2D eigenvalue weighted by atomic mass is 16.6. The van der Waals surface area contributed by atoms with Gasteiger partial charge in [0.1, 0.15) is 5.75 Å². The van der Waals surface area contributed by atoms with Gasteiger partial charge in [0.15, 0.2) is 6.10 Å². The Morgan fingerprint density at radius 1 is 1.12 bits per heavy atom. The molecule has 1 aromatic rings. The van der Waals surface area contributed by atoms with E-state index in [0.29, 0.717) is 32.8 Å². The first-order valence-corrected chi connectivity index (χ1v) is 8.37. The van der Waals surface area contributed by atoms with Crippen LogP contribution in [0.2, 0.25) is 0 Å². The van der Waals surface area contributed by atoms with Crippen molar-refractivity contribution in [1.82, 2.24) is 9.80 Å². The SMILES string of the molecule is CCOC(=O)N1CCN(C(=O)[C@@H](C)Oc2cccc(C)c2C)CC1. The second kappa shape index (κ2) is 8.04. The van der Waals surface area contributed by atoms with Crippen molar-refractivity contribution in [2.24, 2.45) is 0 Å². The summed E-state index contributed by atoms with van der Waals surface area (Å²) in [7, 11) is 0. The van der Waals surface area contributed by atoms with Crippen molar-refractivity contribution in [1.29, 1.82) is 0 Å². The fourth-order valence-corrected chi connectivity index (χ4v) is 2.67. The van der Waals surface area contributed by atoms with Gasteiger partial charge in [-0.1, -0.05) is 12.1 Å². The molecule has 1 fully saturated rings. The van der Waals surface area contributed by atoms with E-state index in [9.17, 15) is 9.59 Å². The summed E-state index contributed by atoms with van der Waals surface area (Å²) in [5.74, 6) is 0.681. The van der Waals surface area contributed by atoms with Gasteiger partial charge in [0, 0.05) is 26.2 Å². The van der Waals surface area contributed by atoms with Gasteiger partial charge in [0.25, 0.3) is 5.91 Å². The fraction of sp³-hybridized carbons (Fsp3) is 0.556. The number of hydrogen-bond acceptors (Lipinski definition) is 4. The number of ether oxygens (including phenoxy) is 2. The predicted molar refractivity (Wildman–Crippen MR) is 91.2 cm³/mol. The van der Waals surface area contributed by atoms with Crippen LogP contribution < -0.4 is 4.74 Å². The largest absolute Gasteiger partial charge is 0.481 e. The zero-order valence-electron chi connectivity index (χ0n) is 14.9. The Kier molecular flexibility index (Phi) is 6.06. The maximum atomic E-state index is 12.6. The third-order valence-corrected chi connectivity index (χ3v) is 4.32. The number of amides is 2. The van der Waals surface area contributed by atoms with Crippen LogP contribution in [-0.2, 0) is 9.53 Å². The minimum Gasteiger partial charge on any atom is -0.481 e. The van der Waals surface area contributed by atoms with Crippen molar-refractivity contribution in [3.05, 3.63) is 29.3 Å². The molecule has 132 valence electrons. The molecule has 0 spiro atoms.